The van der Waals surface area contributed by atoms with Gasteiger partial charge in [-0.15, -0.1) is 0 Å². The predicted molar refractivity (Wildman–Crippen MR) is 131 cm³/mol. The minimum atomic E-state index is -0.105. The highest BCUT2D eigenvalue weighted by Gasteiger charge is 2.14. The lowest BCUT2D eigenvalue weighted by atomic mass is 10.1. The Morgan fingerprint density at radius 1 is 0.970 bits per heavy atom. The second-order valence-corrected chi connectivity index (χ2v) is 8.35. The van der Waals surface area contributed by atoms with Crippen LogP contribution in [0.4, 0.5) is 23.1 Å². The summed E-state index contributed by atoms with van der Waals surface area (Å²) in [5, 5.41) is 6.23. The molecule has 0 saturated carbocycles. The second kappa shape index (κ2) is 9.28. The molecule has 1 saturated heterocycles. The highest BCUT2D eigenvalue weighted by Crippen LogP contribution is 2.22. The summed E-state index contributed by atoms with van der Waals surface area (Å²) in [5.41, 5.74) is 4.35. The van der Waals surface area contributed by atoms with E-state index in [1.807, 2.05) is 66.1 Å². The fourth-order valence-electron chi connectivity index (χ4n) is 4.15. The number of hydrogen-bond acceptors (Lipinski definition) is 6. The molecule has 33 heavy (non-hydrogen) atoms. The van der Waals surface area contributed by atoms with E-state index in [4.69, 9.17) is 4.98 Å². The number of carbonyl (C=O) groups excluding carboxylic acids is 1. The van der Waals surface area contributed by atoms with Crippen LogP contribution in [0, 0.1) is 6.92 Å². The van der Waals surface area contributed by atoms with Crippen LogP contribution in [-0.4, -0.2) is 38.5 Å². The lowest BCUT2D eigenvalue weighted by molar-refractivity contribution is -0.116. The van der Waals surface area contributed by atoms with Crippen LogP contribution in [-0.2, 0) is 11.3 Å². The van der Waals surface area contributed by atoms with Crippen LogP contribution in [0.5, 0.6) is 0 Å². The molecule has 3 heterocycles. The van der Waals surface area contributed by atoms with Crippen molar-refractivity contribution in [1.82, 2.24) is 19.5 Å². The number of hydrogen-bond donors (Lipinski definition) is 2. The lowest BCUT2D eigenvalue weighted by Gasteiger charge is -2.28. The standard InChI is InChI=1S/C25H27N7O/c1-18-15-23(31-13-5-2-6-14-31)30-25(27-18)29-20-11-9-19(10-12-20)28-24(33)16-32-17-26-21-7-3-4-8-22(21)32/h3-4,7-12,15,17H,2,5-6,13-14,16H2,1H3,(H,28,33)(H,27,29,30). The molecule has 0 aliphatic carbocycles. The minimum Gasteiger partial charge on any atom is -0.356 e. The number of fused-ring (bicyclic) bond motifs is 1. The van der Waals surface area contributed by atoms with Crippen LogP contribution >= 0.6 is 0 Å². The maximum absolute atomic E-state index is 12.5. The van der Waals surface area contributed by atoms with Gasteiger partial charge in [-0.1, -0.05) is 12.1 Å². The van der Waals surface area contributed by atoms with Gasteiger partial charge in [0.25, 0.3) is 0 Å². The second-order valence-electron chi connectivity index (χ2n) is 8.35. The molecule has 8 nitrogen and oxygen atoms in total. The molecule has 0 unspecified atom stereocenters. The summed E-state index contributed by atoms with van der Waals surface area (Å²) in [6.45, 7) is 4.28. The van der Waals surface area contributed by atoms with E-state index in [9.17, 15) is 4.79 Å². The molecule has 2 N–H and O–H groups in total. The van der Waals surface area contributed by atoms with Crippen molar-refractivity contribution < 1.29 is 4.79 Å². The summed E-state index contributed by atoms with van der Waals surface area (Å²) in [6.07, 6.45) is 5.39. The first-order valence-electron chi connectivity index (χ1n) is 11.3. The summed E-state index contributed by atoms with van der Waals surface area (Å²) in [7, 11) is 0. The average molecular weight is 442 g/mol. The number of para-hydroxylation sites is 2. The van der Waals surface area contributed by atoms with Crippen molar-refractivity contribution in [3.05, 3.63) is 66.6 Å². The van der Waals surface area contributed by atoms with Gasteiger partial charge in [0.1, 0.15) is 12.4 Å². The van der Waals surface area contributed by atoms with E-state index in [2.05, 4.69) is 25.5 Å². The smallest absolute Gasteiger partial charge is 0.244 e. The lowest BCUT2D eigenvalue weighted by Crippen LogP contribution is -2.30. The van der Waals surface area contributed by atoms with Crippen LogP contribution < -0.4 is 15.5 Å². The third kappa shape index (κ3) is 4.95. The van der Waals surface area contributed by atoms with Crippen molar-refractivity contribution in [1.29, 1.82) is 0 Å². The van der Waals surface area contributed by atoms with Gasteiger partial charge in [-0.3, -0.25) is 4.79 Å². The molecular weight excluding hydrogens is 414 g/mol. The number of nitrogens with zero attached hydrogens (tertiary/aromatic N) is 5. The molecule has 2 aromatic heterocycles. The zero-order valence-corrected chi connectivity index (χ0v) is 18.7. The molecule has 1 amide bonds. The third-order valence-corrected chi connectivity index (χ3v) is 5.79. The Hall–Kier alpha value is -3.94. The molecule has 5 rings (SSSR count). The number of amides is 1. The number of rotatable bonds is 6. The predicted octanol–water partition coefficient (Wildman–Crippen LogP) is 4.51. The van der Waals surface area contributed by atoms with Gasteiger partial charge in [0.2, 0.25) is 11.9 Å². The number of benzene rings is 2. The van der Waals surface area contributed by atoms with Crippen LogP contribution in [0.2, 0.25) is 0 Å². The Balaban J connectivity index is 1.22. The van der Waals surface area contributed by atoms with Gasteiger partial charge in [0, 0.05) is 36.2 Å². The van der Waals surface area contributed by atoms with Gasteiger partial charge in [-0.05, 0) is 62.6 Å². The summed E-state index contributed by atoms with van der Waals surface area (Å²) in [5.74, 6) is 1.45. The SMILES string of the molecule is Cc1cc(N2CCCCC2)nc(Nc2ccc(NC(=O)Cn3cnc4ccccc43)cc2)n1. The van der Waals surface area contributed by atoms with Gasteiger partial charge in [0.05, 0.1) is 17.4 Å². The van der Waals surface area contributed by atoms with E-state index in [0.717, 1.165) is 47.0 Å². The summed E-state index contributed by atoms with van der Waals surface area (Å²) >= 11 is 0. The summed E-state index contributed by atoms with van der Waals surface area (Å²) in [4.78, 5) is 28.4. The van der Waals surface area contributed by atoms with E-state index in [1.54, 1.807) is 6.33 Å². The van der Waals surface area contributed by atoms with E-state index in [1.165, 1.54) is 19.3 Å². The largest absolute Gasteiger partial charge is 0.356 e. The molecule has 168 valence electrons. The Morgan fingerprint density at radius 3 is 2.55 bits per heavy atom. The Bertz CT molecular complexity index is 1260. The zero-order chi connectivity index (χ0) is 22.6. The van der Waals surface area contributed by atoms with Gasteiger partial charge in [-0.25, -0.2) is 9.97 Å². The molecule has 2 aromatic carbocycles. The third-order valence-electron chi connectivity index (χ3n) is 5.79. The molecule has 0 bridgehead atoms. The first kappa shape index (κ1) is 20.9. The van der Waals surface area contributed by atoms with E-state index in [-0.39, 0.29) is 12.5 Å². The molecule has 1 aliphatic rings. The Morgan fingerprint density at radius 2 is 1.73 bits per heavy atom. The van der Waals surface area contributed by atoms with Crippen molar-refractivity contribution in [2.24, 2.45) is 0 Å². The molecule has 1 aliphatic heterocycles. The summed E-state index contributed by atoms with van der Waals surface area (Å²) < 4.78 is 1.84. The molecule has 0 spiro atoms. The van der Waals surface area contributed by atoms with Crippen molar-refractivity contribution in [3.8, 4) is 0 Å². The first-order valence-corrected chi connectivity index (χ1v) is 11.3. The normalized spacial score (nSPS) is 13.8. The minimum absolute atomic E-state index is 0.105. The number of aryl methyl sites for hydroxylation is 1. The molecule has 0 radical (unpaired) electrons. The van der Waals surface area contributed by atoms with Crippen LogP contribution in [0.15, 0.2) is 60.9 Å². The number of imidazole rings is 1. The quantitative estimate of drug-likeness (QED) is 0.458. The molecule has 1 fully saturated rings. The monoisotopic (exact) mass is 441 g/mol. The van der Waals surface area contributed by atoms with E-state index in [0.29, 0.717) is 5.95 Å². The number of anilines is 4. The van der Waals surface area contributed by atoms with Crippen LogP contribution in [0.25, 0.3) is 11.0 Å². The number of carbonyl (C=O) groups is 1. The maximum Gasteiger partial charge on any atom is 0.244 e. The Kier molecular flexibility index (Phi) is 5.89. The van der Waals surface area contributed by atoms with Crippen LogP contribution in [0.3, 0.4) is 0 Å². The van der Waals surface area contributed by atoms with Crippen molar-refractivity contribution in [2.45, 2.75) is 32.7 Å². The van der Waals surface area contributed by atoms with Crippen LogP contribution in [0.1, 0.15) is 25.0 Å². The fourth-order valence-corrected chi connectivity index (χ4v) is 4.15. The van der Waals surface area contributed by atoms with Gasteiger partial charge >= 0.3 is 0 Å². The highest BCUT2D eigenvalue weighted by molar-refractivity contribution is 5.91. The highest BCUT2D eigenvalue weighted by atomic mass is 16.1. The van der Waals surface area contributed by atoms with Crippen molar-refractivity contribution >= 4 is 40.1 Å². The van der Waals surface area contributed by atoms with Gasteiger partial charge in [0.15, 0.2) is 0 Å². The molecule has 4 aromatic rings. The topological polar surface area (TPSA) is 88.0 Å². The van der Waals surface area contributed by atoms with E-state index < -0.39 is 0 Å². The molecular formula is C25H27N7O. The zero-order valence-electron chi connectivity index (χ0n) is 18.7. The average Bonchev–Trinajstić information content (AvgIpc) is 3.23. The first-order chi connectivity index (χ1) is 16.1. The molecule has 8 heteroatoms. The van der Waals surface area contributed by atoms with E-state index >= 15 is 0 Å². The van der Waals surface area contributed by atoms with Crippen molar-refractivity contribution in [3.63, 3.8) is 0 Å². The Labute approximate surface area is 192 Å². The fraction of sp³-hybridized carbons (Fsp3) is 0.280. The van der Waals surface area contributed by atoms with Gasteiger partial charge < -0.3 is 20.1 Å². The number of aromatic nitrogens is 4. The van der Waals surface area contributed by atoms with Gasteiger partial charge in [-0.2, -0.15) is 4.98 Å². The summed E-state index contributed by atoms with van der Waals surface area (Å²) in [6, 6.07) is 17.4. The number of piperidine rings is 1. The van der Waals surface area contributed by atoms with Crippen molar-refractivity contribution in [2.75, 3.05) is 28.6 Å². The maximum atomic E-state index is 12.5. The molecule has 0 atom stereocenters. The number of nitrogens with one attached hydrogen (secondary N) is 2.